The molecule has 0 radical (unpaired) electrons. The van der Waals surface area contributed by atoms with Gasteiger partial charge in [-0.2, -0.15) is 5.10 Å². The van der Waals surface area contributed by atoms with Crippen molar-refractivity contribution in [2.75, 3.05) is 0 Å². The van der Waals surface area contributed by atoms with E-state index in [1.54, 1.807) is 6.20 Å². The molecular formula is C16H19ClN4. The van der Waals surface area contributed by atoms with E-state index in [0.29, 0.717) is 0 Å². The van der Waals surface area contributed by atoms with Crippen LogP contribution in [0.25, 0.3) is 5.69 Å². The lowest BCUT2D eigenvalue weighted by Crippen LogP contribution is -3.00. The van der Waals surface area contributed by atoms with Gasteiger partial charge >= 0.3 is 0 Å². The van der Waals surface area contributed by atoms with Gasteiger partial charge in [0, 0.05) is 12.4 Å². The van der Waals surface area contributed by atoms with Crippen LogP contribution in [-0.4, -0.2) is 14.3 Å². The van der Waals surface area contributed by atoms with Gasteiger partial charge in [-0.15, -0.1) is 0 Å². The van der Waals surface area contributed by atoms with Gasteiger partial charge in [0.2, 0.25) is 0 Å². The Kier molecular flexibility index (Phi) is 4.48. The summed E-state index contributed by atoms with van der Waals surface area (Å²) in [6.07, 6.45) is 10.0. The Balaban J connectivity index is 0.00000161. The molecule has 3 aromatic rings. The zero-order valence-electron chi connectivity index (χ0n) is 12.5. The first-order valence-electron chi connectivity index (χ1n) is 6.76. The molecule has 0 spiro atoms. The third-order valence-electron chi connectivity index (χ3n) is 3.45. The molecule has 21 heavy (non-hydrogen) atoms. The topological polar surface area (TPSA) is 26.6 Å². The van der Waals surface area contributed by atoms with Crippen molar-refractivity contribution in [1.29, 1.82) is 0 Å². The smallest absolute Gasteiger partial charge is 0.250 e. The van der Waals surface area contributed by atoms with Gasteiger partial charge in [0.15, 0.2) is 6.67 Å². The molecule has 0 saturated carbocycles. The van der Waals surface area contributed by atoms with Crippen molar-refractivity contribution in [1.82, 2.24) is 14.3 Å². The first-order chi connectivity index (χ1) is 9.63. The highest BCUT2D eigenvalue weighted by Crippen LogP contribution is 2.20. The second-order valence-corrected chi connectivity index (χ2v) is 5.27. The van der Waals surface area contributed by atoms with Crippen molar-refractivity contribution < 1.29 is 17.0 Å². The van der Waals surface area contributed by atoms with E-state index in [0.717, 1.165) is 6.67 Å². The lowest BCUT2D eigenvalue weighted by atomic mass is 10.1. The Labute approximate surface area is 131 Å². The maximum atomic E-state index is 4.23. The van der Waals surface area contributed by atoms with Crippen LogP contribution in [0.15, 0.2) is 49.3 Å². The molecule has 0 bridgehead atoms. The van der Waals surface area contributed by atoms with E-state index >= 15 is 0 Å². The highest BCUT2D eigenvalue weighted by molar-refractivity contribution is 5.48. The highest BCUT2D eigenvalue weighted by atomic mass is 35.5. The van der Waals surface area contributed by atoms with Gasteiger partial charge in [-0.3, -0.25) is 0 Å². The summed E-state index contributed by atoms with van der Waals surface area (Å²) >= 11 is 0. The highest BCUT2D eigenvalue weighted by Gasteiger charge is 2.12. The van der Waals surface area contributed by atoms with Crippen molar-refractivity contribution >= 4 is 0 Å². The van der Waals surface area contributed by atoms with Crippen LogP contribution in [0, 0.1) is 20.8 Å². The quantitative estimate of drug-likeness (QED) is 0.593. The summed E-state index contributed by atoms with van der Waals surface area (Å²) in [6, 6.07) is 6.38. The van der Waals surface area contributed by atoms with E-state index in [2.05, 4.69) is 65.9 Å². The molecule has 0 aliphatic carbocycles. The Bertz CT molecular complexity index is 706. The van der Waals surface area contributed by atoms with Crippen LogP contribution in [0.5, 0.6) is 0 Å². The molecular weight excluding hydrogens is 284 g/mol. The number of aryl methyl sites for hydroxylation is 3. The second-order valence-electron chi connectivity index (χ2n) is 5.27. The normalized spacial score (nSPS) is 10.4. The molecule has 5 heteroatoms. The van der Waals surface area contributed by atoms with Gasteiger partial charge in [0.25, 0.3) is 6.33 Å². The Morgan fingerprint density at radius 1 is 1.10 bits per heavy atom. The lowest BCUT2D eigenvalue weighted by molar-refractivity contribution is -0.701. The van der Waals surface area contributed by atoms with Crippen LogP contribution >= 0.6 is 0 Å². The van der Waals surface area contributed by atoms with Crippen LogP contribution in [0.3, 0.4) is 0 Å². The average molecular weight is 303 g/mol. The van der Waals surface area contributed by atoms with Crippen LogP contribution < -0.4 is 17.0 Å². The number of hydrogen-bond donors (Lipinski definition) is 0. The number of imidazole rings is 1. The Hall–Kier alpha value is -2.07. The lowest BCUT2D eigenvalue weighted by Gasteiger charge is -2.07. The Morgan fingerprint density at radius 3 is 2.43 bits per heavy atom. The fourth-order valence-corrected chi connectivity index (χ4v) is 2.74. The van der Waals surface area contributed by atoms with Crippen molar-refractivity contribution in [2.24, 2.45) is 0 Å². The molecule has 4 nitrogen and oxygen atoms in total. The van der Waals surface area contributed by atoms with Crippen molar-refractivity contribution in [2.45, 2.75) is 27.4 Å². The van der Waals surface area contributed by atoms with Gasteiger partial charge in [0.1, 0.15) is 18.1 Å². The van der Waals surface area contributed by atoms with E-state index < -0.39 is 0 Å². The summed E-state index contributed by atoms with van der Waals surface area (Å²) in [5, 5.41) is 4.23. The minimum atomic E-state index is 0. The number of hydrogen-bond acceptors (Lipinski definition) is 1. The van der Waals surface area contributed by atoms with Crippen LogP contribution in [0.2, 0.25) is 0 Å². The molecule has 0 N–H and O–H groups in total. The molecule has 0 aliphatic rings. The van der Waals surface area contributed by atoms with Gasteiger partial charge in [-0.25, -0.2) is 13.8 Å². The molecule has 0 aliphatic heterocycles. The van der Waals surface area contributed by atoms with Crippen LogP contribution in [-0.2, 0) is 6.67 Å². The maximum absolute atomic E-state index is 4.23. The molecule has 2 heterocycles. The summed E-state index contributed by atoms with van der Waals surface area (Å²) in [4.78, 5) is 0. The van der Waals surface area contributed by atoms with E-state index in [4.69, 9.17) is 0 Å². The van der Waals surface area contributed by atoms with Crippen molar-refractivity contribution in [3.05, 3.63) is 66.0 Å². The monoisotopic (exact) mass is 302 g/mol. The van der Waals surface area contributed by atoms with E-state index in [-0.39, 0.29) is 12.4 Å². The molecule has 0 saturated heterocycles. The zero-order chi connectivity index (χ0) is 14.1. The third kappa shape index (κ3) is 3.16. The summed E-state index contributed by atoms with van der Waals surface area (Å²) in [7, 11) is 0. The molecule has 1 aromatic carbocycles. The average Bonchev–Trinajstić information content (AvgIpc) is 3.00. The fraction of sp³-hybridized carbons (Fsp3) is 0.250. The third-order valence-corrected chi connectivity index (χ3v) is 3.45. The molecule has 110 valence electrons. The predicted octanol–water partition coefficient (Wildman–Crippen LogP) is -0.604. The van der Waals surface area contributed by atoms with Crippen molar-refractivity contribution in [3.63, 3.8) is 0 Å². The molecule has 0 atom stereocenters. The number of halogens is 1. The summed E-state index contributed by atoms with van der Waals surface area (Å²) in [5.74, 6) is 0. The number of nitrogens with zero attached hydrogens (tertiary/aromatic N) is 4. The SMILES string of the molecule is Cc1cc(C)c(-n2cc[n+](Cn3cccn3)c2)c(C)c1.[Cl-]. The van der Waals surface area contributed by atoms with E-state index in [1.165, 1.54) is 22.4 Å². The zero-order valence-corrected chi connectivity index (χ0v) is 13.2. The van der Waals surface area contributed by atoms with Gasteiger partial charge < -0.3 is 12.4 Å². The summed E-state index contributed by atoms with van der Waals surface area (Å²) in [6.45, 7) is 7.18. The fourth-order valence-electron chi connectivity index (χ4n) is 2.74. The van der Waals surface area contributed by atoms with Gasteiger partial charge in [-0.1, -0.05) is 17.7 Å². The minimum Gasteiger partial charge on any atom is -1.00 e. The van der Waals surface area contributed by atoms with Gasteiger partial charge in [-0.05, 0) is 38.0 Å². The molecule has 0 unspecified atom stereocenters. The van der Waals surface area contributed by atoms with E-state index in [9.17, 15) is 0 Å². The van der Waals surface area contributed by atoms with Crippen LogP contribution in [0.1, 0.15) is 16.7 Å². The summed E-state index contributed by atoms with van der Waals surface area (Å²) < 4.78 is 6.19. The van der Waals surface area contributed by atoms with Crippen LogP contribution in [0.4, 0.5) is 0 Å². The Morgan fingerprint density at radius 2 is 1.81 bits per heavy atom. The minimum absolute atomic E-state index is 0. The van der Waals surface area contributed by atoms with Gasteiger partial charge in [0.05, 0.1) is 0 Å². The summed E-state index contributed by atoms with van der Waals surface area (Å²) in [5.41, 5.74) is 5.16. The standard InChI is InChI=1S/C16H19N4.ClH/c1-13-9-14(2)16(15(3)10-13)19-8-7-18(11-19)12-20-6-4-5-17-20;/h4-11H,12H2,1-3H3;1H/q+1;/p-1. The molecule has 0 amide bonds. The first kappa shape index (κ1) is 15.3. The van der Waals surface area contributed by atoms with Crippen molar-refractivity contribution in [3.8, 4) is 5.69 Å². The predicted molar refractivity (Wildman–Crippen MR) is 77.8 cm³/mol. The van der Waals surface area contributed by atoms with E-state index in [1.807, 2.05) is 16.9 Å². The molecule has 0 fully saturated rings. The largest absolute Gasteiger partial charge is 1.00 e. The first-order valence-corrected chi connectivity index (χ1v) is 6.76. The maximum Gasteiger partial charge on any atom is 0.250 e. The second kappa shape index (κ2) is 6.14. The molecule has 2 aromatic heterocycles. The number of aromatic nitrogens is 4. The number of benzene rings is 1. The molecule has 3 rings (SSSR count). The number of rotatable bonds is 3.